The molecule has 0 atom stereocenters. The quantitative estimate of drug-likeness (QED) is 0.531. The summed E-state index contributed by atoms with van der Waals surface area (Å²) in [5.74, 6) is -0.812. The Kier molecular flexibility index (Phi) is 7.14. The van der Waals surface area contributed by atoms with Gasteiger partial charge < -0.3 is 15.1 Å². The number of hydrogen-bond acceptors (Lipinski definition) is 5. The van der Waals surface area contributed by atoms with Crippen LogP contribution in [0, 0.1) is 6.92 Å². The number of aryl methyl sites for hydroxylation is 1. The molecule has 0 spiro atoms. The highest BCUT2D eigenvalue weighted by Crippen LogP contribution is 2.22. The first-order valence-electron chi connectivity index (χ1n) is 11.2. The Bertz CT molecular complexity index is 1280. The number of carbonyl (C=O) groups is 2. The van der Waals surface area contributed by atoms with Crippen molar-refractivity contribution in [1.82, 2.24) is 9.62 Å². The third kappa shape index (κ3) is 5.55. The summed E-state index contributed by atoms with van der Waals surface area (Å²) in [7, 11) is -3.74. The lowest BCUT2D eigenvalue weighted by atomic mass is 10.1. The Balaban J connectivity index is 1.36. The topological polar surface area (TPSA) is 109 Å². The molecule has 0 bridgehead atoms. The van der Waals surface area contributed by atoms with Crippen LogP contribution in [0.1, 0.15) is 51.3 Å². The number of piperidine rings is 1. The maximum absolute atomic E-state index is 12.7. The van der Waals surface area contributed by atoms with Gasteiger partial charge in [0, 0.05) is 30.9 Å². The summed E-state index contributed by atoms with van der Waals surface area (Å²) >= 11 is 0. The van der Waals surface area contributed by atoms with Crippen molar-refractivity contribution < 1.29 is 22.4 Å². The molecule has 2 aromatic carbocycles. The first-order valence-corrected chi connectivity index (χ1v) is 12.6. The van der Waals surface area contributed by atoms with Gasteiger partial charge in [-0.15, -0.1) is 0 Å². The van der Waals surface area contributed by atoms with Crippen LogP contribution >= 0.6 is 0 Å². The number of amides is 2. The molecular weight excluding hydrogens is 454 g/mol. The van der Waals surface area contributed by atoms with E-state index in [-0.39, 0.29) is 23.3 Å². The zero-order valence-electron chi connectivity index (χ0n) is 18.9. The predicted octanol–water partition coefficient (Wildman–Crippen LogP) is 3.94. The van der Waals surface area contributed by atoms with E-state index >= 15 is 0 Å². The standard InChI is InChI=1S/C25H27N3O5S/c1-18-8-10-20(11-9-18)24(29)27-21-7-5-6-19(16-21)17-26-25(30)22-12-13-23(33-22)34(31,32)28-14-3-2-4-15-28/h5-13,16H,2-4,14-15,17H2,1H3,(H,26,30)(H,27,29). The smallest absolute Gasteiger partial charge is 0.287 e. The Labute approximate surface area is 199 Å². The lowest BCUT2D eigenvalue weighted by molar-refractivity contribution is 0.0917. The third-order valence-corrected chi connectivity index (χ3v) is 7.44. The lowest BCUT2D eigenvalue weighted by Gasteiger charge is -2.24. The maximum Gasteiger partial charge on any atom is 0.287 e. The van der Waals surface area contributed by atoms with E-state index in [4.69, 9.17) is 4.42 Å². The molecule has 2 amide bonds. The van der Waals surface area contributed by atoms with Gasteiger partial charge in [0.15, 0.2) is 5.76 Å². The van der Waals surface area contributed by atoms with Crippen LogP contribution in [0.3, 0.4) is 0 Å². The van der Waals surface area contributed by atoms with Crippen LogP contribution in [0.5, 0.6) is 0 Å². The number of nitrogens with one attached hydrogen (secondary N) is 2. The van der Waals surface area contributed by atoms with Gasteiger partial charge in [-0.2, -0.15) is 4.31 Å². The molecule has 0 unspecified atom stereocenters. The zero-order valence-corrected chi connectivity index (χ0v) is 19.7. The minimum absolute atomic E-state index is 0.0700. The molecular formula is C25H27N3O5S. The van der Waals surface area contributed by atoms with E-state index in [9.17, 15) is 18.0 Å². The average molecular weight is 482 g/mol. The molecule has 1 aliphatic heterocycles. The van der Waals surface area contributed by atoms with Crippen molar-refractivity contribution in [2.45, 2.75) is 37.8 Å². The summed E-state index contributed by atoms with van der Waals surface area (Å²) in [6, 6.07) is 17.1. The molecule has 0 saturated carbocycles. The van der Waals surface area contributed by atoms with Crippen molar-refractivity contribution in [3.05, 3.63) is 83.1 Å². The van der Waals surface area contributed by atoms with E-state index in [1.165, 1.54) is 16.4 Å². The molecule has 34 heavy (non-hydrogen) atoms. The van der Waals surface area contributed by atoms with Gasteiger partial charge in [0.05, 0.1) is 0 Å². The van der Waals surface area contributed by atoms with Crippen molar-refractivity contribution in [1.29, 1.82) is 0 Å². The average Bonchev–Trinajstić information content (AvgIpc) is 3.35. The van der Waals surface area contributed by atoms with Gasteiger partial charge in [-0.25, -0.2) is 8.42 Å². The number of anilines is 1. The molecule has 0 aliphatic carbocycles. The van der Waals surface area contributed by atoms with Gasteiger partial charge in [0.1, 0.15) is 0 Å². The highest BCUT2D eigenvalue weighted by atomic mass is 32.2. The van der Waals surface area contributed by atoms with Crippen LogP contribution in [0.2, 0.25) is 0 Å². The van der Waals surface area contributed by atoms with Crippen LogP contribution < -0.4 is 10.6 Å². The predicted molar refractivity (Wildman–Crippen MR) is 128 cm³/mol. The molecule has 3 aromatic rings. The summed E-state index contributed by atoms with van der Waals surface area (Å²) in [6.45, 7) is 3.06. The normalized spacial score (nSPS) is 14.5. The highest BCUT2D eigenvalue weighted by Gasteiger charge is 2.29. The molecule has 0 radical (unpaired) electrons. The number of carbonyl (C=O) groups excluding carboxylic acids is 2. The molecule has 1 aliphatic rings. The molecule has 2 N–H and O–H groups in total. The first-order chi connectivity index (χ1) is 16.3. The molecule has 4 rings (SSSR count). The van der Waals surface area contributed by atoms with E-state index in [1.807, 2.05) is 25.1 Å². The molecule has 9 heteroatoms. The largest absolute Gasteiger partial charge is 0.438 e. The fourth-order valence-corrected chi connectivity index (χ4v) is 5.18. The second kappa shape index (κ2) is 10.2. The third-order valence-electron chi connectivity index (χ3n) is 5.67. The van der Waals surface area contributed by atoms with Crippen LogP contribution in [0.15, 0.2) is 70.2 Å². The van der Waals surface area contributed by atoms with Gasteiger partial charge in [-0.3, -0.25) is 9.59 Å². The SMILES string of the molecule is Cc1ccc(C(=O)Nc2cccc(CNC(=O)c3ccc(S(=O)(=O)N4CCCCC4)o3)c2)cc1. The van der Waals surface area contributed by atoms with Crippen LogP contribution in [0.4, 0.5) is 5.69 Å². The molecule has 1 saturated heterocycles. The number of benzene rings is 2. The van der Waals surface area contributed by atoms with Crippen molar-refractivity contribution in [2.24, 2.45) is 0 Å². The fourth-order valence-electron chi connectivity index (χ4n) is 3.75. The van der Waals surface area contributed by atoms with Crippen LogP contribution in [0.25, 0.3) is 0 Å². The van der Waals surface area contributed by atoms with Gasteiger partial charge in [0.2, 0.25) is 5.09 Å². The summed E-state index contributed by atoms with van der Waals surface area (Å²) in [6.07, 6.45) is 2.64. The second-order valence-corrected chi connectivity index (χ2v) is 10.2. The van der Waals surface area contributed by atoms with E-state index in [1.54, 1.807) is 30.3 Å². The van der Waals surface area contributed by atoms with Crippen molar-refractivity contribution in [2.75, 3.05) is 18.4 Å². The summed E-state index contributed by atoms with van der Waals surface area (Å²) in [5.41, 5.74) is 2.99. The van der Waals surface area contributed by atoms with E-state index < -0.39 is 15.9 Å². The van der Waals surface area contributed by atoms with E-state index in [0.717, 1.165) is 30.4 Å². The molecule has 1 aromatic heterocycles. The number of rotatable bonds is 7. The highest BCUT2D eigenvalue weighted by molar-refractivity contribution is 7.89. The van der Waals surface area contributed by atoms with E-state index in [2.05, 4.69) is 10.6 Å². The number of nitrogens with zero attached hydrogens (tertiary/aromatic N) is 1. The Hall–Kier alpha value is -3.43. The van der Waals surface area contributed by atoms with Crippen molar-refractivity contribution >= 4 is 27.5 Å². The Morgan fingerprint density at radius 3 is 2.41 bits per heavy atom. The van der Waals surface area contributed by atoms with Crippen LogP contribution in [-0.4, -0.2) is 37.6 Å². The van der Waals surface area contributed by atoms with Gasteiger partial charge in [0.25, 0.3) is 21.8 Å². The second-order valence-electron chi connectivity index (χ2n) is 8.29. The van der Waals surface area contributed by atoms with E-state index in [0.29, 0.717) is 24.3 Å². The molecule has 178 valence electrons. The summed E-state index contributed by atoms with van der Waals surface area (Å²) in [4.78, 5) is 25.0. The van der Waals surface area contributed by atoms with Crippen molar-refractivity contribution in [3.8, 4) is 0 Å². The molecule has 1 fully saturated rings. The van der Waals surface area contributed by atoms with Gasteiger partial charge in [-0.05, 0) is 61.7 Å². The minimum atomic E-state index is -3.74. The number of furan rings is 1. The Morgan fingerprint density at radius 2 is 1.68 bits per heavy atom. The monoisotopic (exact) mass is 481 g/mol. The maximum atomic E-state index is 12.7. The van der Waals surface area contributed by atoms with Gasteiger partial charge >= 0.3 is 0 Å². The minimum Gasteiger partial charge on any atom is -0.438 e. The first kappa shape index (κ1) is 23.7. The summed E-state index contributed by atoms with van der Waals surface area (Å²) in [5, 5.41) is 5.35. The number of hydrogen-bond donors (Lipinski definition) is 2. The zero-order chi connectivity index (χ0) is 24.1. The number of sulfonamides is 1. The van der Waals surface area contributed by atoms with Gasteiger partial charge in [-0.1, -0.05) is 36.2 Å². The Morgan fingerprint density at radius 1 is 0.941 bits per heavy atom. The van der Waals surface area contributed by atoms with Crippen molar-refractivity contribution in [3.63, 3.8) is 0 Å². The fraction of sp³-hybridized carbons (Fsp3) is 0.280. The lowest BCUT2D eigenvalue weighted by Crippen LogP contribution is -2.35. The molecule has 8 nitrogen and oxygen atoms in total. The molecule has 2 heterocycles. The van der Waals surface area contributed by atoms with Crippen LogP contribution in [-0.2, 0) is 16.6 Å². The summed E-state index contributed by atoms with van der Waals surface area (Å²) < 4.78 is 32.2.